The summed E-state index contributed by atoms with van der Waals surface area (Å²) < 4.78 is 0. The van der Waals surface area contributed by atoms with E-state index in [4.69, 9.17) is 11.6 Å². The monoisotopic (exact) mass is 279 g/mol. The van der Waals surface area contributed by atoms with E-state index in [1.165, 1.54) is 0 Å². The van der Waals surface area contributed by atoms with Gasteiger partial charge in [-0.25, -0.2) is 0 Å². The first-order chi connectivity index (χ1) is 9.04. The number of hydrogen-bond donors (Lipinski definition) is 1. The number of nitrogens with one attached hydrogen (secondary N) is 1. The molecule has 0 unspecified atom stereocenters. The fraction of sp³-hybridized carbons (Fsp3) is 0.562. The van der Waals surface area contributed by atoms with Crippen molar-refractivity contribution in [3.8, 4) is 0 Å². The summed E-state index contributed by atoms with van der Waals surface area (Å²) in [4.78, 5) is 12.6. The Bertz CT molecular complexity index is 433. The van der Waals surface area contributed by atoms with Gasteiger partial charge in [0, 0.05) is 11.6 Å². The Morgan fingerprint density at radius 1 is 1.26 bits per heavy atom. The van der Waals surface area contributed by atoms with Crippen LogP contribution in [-0.4, -0.2) is 12.5 Å². The molecule has 0 saturated heterocycles. The lowest BCUT2D eigenvalue weighted by Gasteiger charge is -2.28. The van der Waals surface area contributed by atoms with Crippen molar-refractivity contribution in [3.63, 3.8) is 0 Å². The quantitative estimate of drug-likeness (QED) is 0.889. The molecule has 0 heterocycles. The van der Waals surface area contributed by atoms with Gasteiger partial charge in [0.25, 0.3) is 0 Å². The molecule has 1 N–H and O–H groups in total. The molecule has 1 aromatic carbocycles. The third-order valence-corrected chi connectivity index (χ3v) is 4.21. The summed E-state index contributed by atoms with van der Waals surface area (Å²) in [5, 5.41) is 3.83. The number of carbonyl (C=O) groups excluding carboxylic acids is 1. The molecule has 1 fully saturated rings. The van der Waals surface area contributed by atoms with Crippen LogP contribution in [0.1, 0.15) is 45.1 Å². The Kier molecular flexibility index (Phi) is 4.51. The van der Waals surface area contributed by atoms with Crippen LogP contribution in [0.15, 0.2) is 24.3 Å². The van der Waals surface area contributed by atoms with Crippen LogP contribution in [0.4, 0.5) is 0 Å². The molecule has 19 heavy (non-hydrogen) atoms. The van der Waals surface area contributed by atoms with Crippen LogP contribution in [0, 0.1) is 5.92 Å². The molecule has 1 aliphatic rings. The predicted octanol–water partition coefficient (Wildman–Crippen LogP) is 3.92. The lowest BCUT2D eigenvalue weighted by Crippen LogP contribution is -2.43. The molecule has 2 nitrogen and oxygen atoms in total. The molecule has 0 aromatic heterocycles. The normalized spacial score (nSPS) is 17.7. The first-order valence-corrected chi connectivity index (χ1v) is 7.47. The number of carbonyl (C=O) groups is 1. The molecule has 0 spiro atoms. The van der Waals surface area contributed by atoms with Crippen molar-refractivity contribution in [3.05, 3.63) is 34.9 Å². The summed E-state index contributed by atoms with van der Waals surface area (Å²) in [6.07, 6.45) is 4.13. The highest BCUT2D eigenvalue weighted by atomic mass is 35.5. The number of amides is 1. The van der Waals surface area contributed by atoms with E-state index in [2.05, 4.69) is 19.2 Å². The SMILES string of the molecule is CC(C)CNC(=O)C1(c2ccc(Cl)cc2)CCCC1. The van der Waals surface area contributed by atoms with Gasteiger partial charge in [-0.05, 0) is 36.5 Å². The molecule has 2 rings (SSSR count). The van der Waals surface area contributed by atoms with E-state index in [0.29, 0.717) is 5.92 Å². The third kappa shape index (κ3) is 3.11. The zero-order valence-electron chi connectivity index (χ0n) is 11.7. The molecule has 0 atom stereocenters. The Morgan fingerprint density at radius 2 is 1.84 bits per heavy atom. The summed E-state index contributed by atoms with van der Waals surface area (Å²) in [6.45, 7) is 4.97. The minimum atomic E-state index is -0.334. The number of halogens is 1. The summed E-state index contributed by atoms with van der Waals surface area (Å²) in [5.41, 5.74) is 0.773. The van der Waals surface area contributed by atoms with Crippen LogP contribution in [0.2, 0.25) is 5.02 Å². The molecule has 1 aliphatic carbocycles. The highest BCUT2D eigenvalue weighted by Crippen LogP contribution is 2.41. The van der Waals surface area contributed by atoms with Crippen molar-refractivity contribution in [2.75, 3.05) is 6.54 Å². The zero-order valence-corrected chi connectivity index (χ0v) is 12.5. The zero-order chi connectivity index (χ0) is 13.9. The van der Waals surface area contributed by atoms with Gasteiger partial charge in [0.1, 0.15) is 0 Å². The van der Waals surface area contributed by atoms with Crippen LogP contribution in [-0.2, 0) is 10.2 Å². The molecular weight excluding hydrogens is 258 g/mol. The fourth-order valence-electron chi connectivity index (χ4n) is 2.86. The van der Waals surface area contributed by atoms with E-state index in [-0.39, 0.29) is 11.3 Å². The van der Waals surface area contributed by atoms with Gasteiger partial charge in [-0.1, -0.05) is 50.4 Å². The van der Waals surface area contributed by atoms with Crippen LogP contribution < -0.4 is 5.32 Å². The Labute approximate surface area is 120 Å². The lowest BCUT2D eigenvalue weighted by molar-refractivity contribution is -0.126. The van der Waals surface area contributed by atoms with Crippen molar-refractivity contribution in [1.82, 2.24) is 5.32 Å². The second-order valence-corrected chi connectivity index (χ2v) is 6.34. The molecule has 1 saturated carbocycles. The minimum Gasteiger partial charge on any atom is -0.355 e. The highest BCUT2D eigenvalue weighted by Gasteiger charge is 2.42. The van der Waals surface area contributed by atoms with E-state index in [9.17, 15) is 4.79 Å². The number of rotatable bonds is 4. The highest BCUT2D eigenvalue weighted by molar-refractivity contribution is 6.30. The van der Waals surface area contributed by atoms with E-state index in [1.807, 2.05) is 24.3 Å². The standard InChI is InChI=1S/C16H22ClNO/c1-12(2)11-18-15(19)16(9-3-4-10-16)13-5-7-14(17)8-6-13/h5-8,12H,3-4,9-11H2,1-2H3,(H,18,19). The van der Waals surface area contributed by atoms with Crippen molar-refractivity contribution >= 4 is 17.5 Å². The van der Waals surface area contributed by atoms with Gasteiger partial charge in [-0.2, -0.15) is 0 Å². The van der Waals surface area contributed by atoms with Gasteiger partial charge >= 0.3 is 0 Å². The number of hydrogen-bond acceptors (Lipinski definition) is 1. The average Bonchev–Trinajstić information content (AvgIpc) is 2.87. The maximum Gasteiger partial charge on any atom is 0.230 e. The lowest BCUT2D eigenvalue weighted by atomic mass is 9.78. The summed E-state index contributed by atoms with van der Waals surface area (Å²) in [6, 6.07) is 7.77. The fourth-order valence-corrected chi connectivity index (χ4v) is 2.99. The van der Waals surface area contributed by atoms with E-state index < -0.39 is 0 Å². The maximum absolute atomic E-state index is 12.6. The van der Waals surface area contributed by atoms with Crippen LogP contribution in [0.3, 0.4) is 0 Å². The molecule has 1 aromatic rings. The van der Waals surface area contributed by atoms with E-state index >= 15 is 0 Å². The van der Waals surface area contributed by atoms with Crippen molar-refractivity contribution in [2.45, 2.75) is 44.9 Å². The molecule has 0 aliphatic heterocycles. The molecule has 3 heteroatoms. The second-order valence-electron chi connectivity index (χ2n) is 5.90. The summed E-state index contributed by atoms with van der Waals surface area (Å²) in [7, 11) is 0. The molecule has 1 amide bonds. The van der Waals surface area contributed by atoms with E-state index in [0.717, 1.165) is 42.8 Å². The Hall–Kier alpha value is -1.02. The van der Waals surface area contributed by atoms with Crippen molar-refractivity contribution in [2.24, 2.45) is 5.92 Å². The second kappa shape index (κ2) is 5.96. The minimum absolute atomic E-state index is 0.182. The topological polar surface area (TPSA) is 29.1 Å². The Morgan fingerprint density at radius 3 is 2.37 bits per heavy atom. The van der Waals surface area contributed by atoms with E-state index in [1.54, 1.807) is 0 Å². The van der Waals surface area contributed by atoms with Crippen molar-refractivity contribution < 1.29 is 4.79 Å². The molecule has 0 radical (unpaired) electrons. The molecule has 0 bridgehead atoms. The molecule has 104 valence electrons. The van der Waals surface area contributed by atoms with Gasteiger partial charge in [0.15, 0.2) is 0 Å². The summed E-state index contributed by atoms with van der Waals surface area (Å²) in [5.74, 6) is 0.661. The third-order valence-electron chi connectivity index (χ3n) is 3.96. The average molecular weight is 280 g/mol. The smallest absolute Gasteiger partial charge is 0.230 e. The van der Waals surface area contributed by atoms with Crippen LogP contribution >= 0.6 is 11.6 Å². The first kappa shape index (κ1) is 14.4. The summed E-state index contributed by atoms with van der Waals surface area (Å²) >= 11 is 5.95. The predicted molar refractivity (Wildman–Crippen MR) is 79.4 cm³/mol. The maximum atomic E-state index is 12.6. The molecular formula is C16H22ClNO. The van der Waals surface area contributed by atoms with Gasteiger partial charge in [0.05, 0.1) is 5.41 Å². The van der Waals surface area contributed by atoms with Crippen LogP contribution in [0.25, 0.3) is 0 Å². The van der Waals surface area contributed by atoms with Crippen LogP contribution in [0.5, 0.6) is 0 Å². The number of benzene rings is 1. The van der Waals surface area contributed by atoms with Crippen molar-refractivity contribution in [1.29, 1.82) is 0 Å². The Balaban J connectivity index is 2.22. The van der Waals surface area contributed by atoms with Gasteiger partial charge in [-0.3, -0.25) is 4.79 Å². The van der Waals surface area contributed by atoms with Gasteiger partial charge < -0.3 is 5.32 Å². The largest absolute Gasteiger partial charge is 0.355 e. The van der Waals surface area contributed by atoms with Gasteiger partial charge in [-0.15, -0.1) is 0 Å². The van der Waals surface area contributed by atoms with Gasteiger partial charge in [0.2, 0.25) is 5.91 Å². The first-order valence-electron chi connectivity index (χ1n) is 7.09.